The van der Waals surface area contributed by atoms with E-state index in [9.17, 15) is 5.11 Å². The number of hydrogen-bond donors (Lipinski definition) is 1. The van der Waals surface area contributed by atoms with Crippen LogP contribution in [-0.4, -0.2) is 11.2 Å². The highest BCUT2D eigenvalue weighted by molar-refractivity contribution is 5.17. The van der Waals surface area contributed by atoms with Crippen LogP contribution in [0.3, 0.4) is 0 Å². The van der Waals surface area contributed by atoms with E-state index in [4.69, 9.17) is 0 Å². The molecule has 0 aliphatic heterocycles. The molecule has 82 valence electrons. The van der Waals surface area contributed by atoms with Gasteiger partial charge in [-0.15, -0.1) is 0 Å². The number of rotatable bonds is 5. The molecule has 0 aliphatic rings. The van der Waals surface area contributed by atoms with Gasteiger partial charge in [0.1, 0.15) is 0 Å². The Hall–Kier alpha value is -1.08. The van der Waals surface area contributed by atoms with Gasteiger partial charge >= 0.3 is 0 Å². The average molecular weight is 204 g/mol. The van der Waals surface area contributed by atoms with Gasteiger partial charge in [0.2, 0.25) is 0 Å². The molecule has 0 aliphatic carbocycles. The summed E-state index contributed by atoms with van der Waals surface area (Å²) in [5, 5.41) is 9.61. The molecule has 1 atom stereocenters. The van der Waals surface area contributed by atoms with E-state index in [1.807, 2.05) is 30.4 Å². The molecular weight excluding hydrogens is 184 g/mol. The van der Waals surface area contributed by atoms with Crippen LogP contribution in [0.15, 0.2) is 42.5 Å². The summed E-state index contributed by atoms with van der Waals surface area (Å²) in [6, 6.07) is 10.3. The van der Waals surface area contributed by atoms with E-state index in [-0.39, 0.29) is 6.10 Å². The molecule has 0 saturated carbocycles. The van der Waals surface area contributed by atoms with Crippen molar-refractivity contribution in [2.75, 3.05) is 0 Å². The minimum Gasteiger partial charge on any atom is -0.389 e. The minimum absolute atomic E-state index is 0.297. The Labute approximate surface area is 92.5 Å². The Morgan fingerprint density at radius 3 is 2.47 bits per heavy atom. The topological polar surface area (TPSA) is 20.2 Å². The molecule has 1 N–H and O–H groups in total. The molecule has 1 nitrogen and oxygen atoms in total. The molecule has 1 aromatic carbocycles. The number of hydrogen-bond acceptors (Lipinski definition) is 1. The second-order valence-corrected chi connectivity index (χ2v) is 4.31. The van der Waals surface area contributed by atoms with Crippen LogP contribution in [0.2, 0.25) is 0 Å². The first-order valence-corrected chi connectivity index (χ1v) is 5.57. The summed E-state index contributed by atoms with van der Waals surface area (Å²) in [7, 11) is 0. The molecule has 0 unspecified atom stereocenters. The molecule has 0 bridgehead atoms. The highest BCUT2D eigenvalue weighted by Gasteiger charge is 2.01. The summed E-state index contributed by atoms with van der Waals surface area (Å²) in [5.41, 5.74) is 1.28. The monoisotopic (exact) mass is 204 g/mol. The summed E-state index contributed by atoms with van der Waals surface area (Å²) >= 11 is 0. The van der Waals surface area contributed by atoms with Gasteiger partial charge in [0.15, 0.2) is 0 Å². The third kappa shape index (κ3) is 5.38. The fourth-order valence-corrected chi connectivity index (χ4v) is 1.54. The van der Waals surface area contributed by atoms with Gasteiger partial charge in [0.05, 0.1) is 6.10 Å². The van der Waals surface area contributed by atoms with Crippen LogP contribution in [0.5, 0.6) is 0 Å². The smallest absolute Gasteiger partial charge is 0.0723 e. The van der Waals surface area contributed by atoms with Crippen LogP contribution >= 0.6 is 0 Å². The van der Waals surface area contributed by atoms with Crippen LogP contribution in [0.4, 0.5) is 0 Å². The Bertz CT molecular complexity index is 287. The maximum Gasteiger partial charge on any atom is 0.0723 e. The van der Waals surface area contributed by atoms with E-state index in [0.717, 1.165) is 12.8 Å². The highest BCUT2D eigenvalue weighted by atomic mass is 16.3. The number of benzene rings is 1. The van der Waals surface area contributed by atoms with Gasteiger partial charge in [-0.25, -0.2) is 0 Å². The Balaban J connectivity index is 2.33. The first-order valence-electron chi connectivity index (χ1n) is 5.57. The van der Waals surface area contributed by atoms with Gasteiger partial charge in [-0.1, -0.05) is 56.3 Å². The lowest BCUT2D eigenvalue weighted by molar-refractivity contribution is 0.194. The van der Waals surface area contributed by atoms with Crippen molar-refractivity contribution in [2.24, 2.45) is 5.92 Å². The van der Waals surface area contributed by atoms with Gasteiger partial charge in [-0.2, -0.15) is 0 Å². The van der Waals surface area contributed by atoms with Gasteiger partial charge in [0.25, 0.3) is 0 Å². The van der Waals surface area contributed by atoms with E-state index < -0.39 is 0 Å². The molecule has 0 heterocycles. The standard InChI is InChI=1S/C14H20O/c1-12(2)11-14(15)10-6-9-13-7-4-3-5-8-13/h3-8,10,12,14-15H,9,11H2,1-2H3/b10-6-/t14-/m1/s1. The van der Waals surface area contributed by atoms with E-state index in [0.29, 0.717) is 5.92 Å². The predicted octanol–water partition coefficient (Wildman–Crippen LogP) is 3.19. The zero-order valence-corrected chi connectivity index (χ0v) is 9.56. The molecule has 0 spiro atoms. The molecule has 1 aromatic rings. The molecule has 0 saturated heterocycles. The fourth-order valence-electron chi connectivity index (χ4n) is 1.54. The van der Waals surface area contributed by atoms with E-state index in [1.54, 1.807) is 0 Å². The summed E-state index contributed by atoms with van der Waals surface area (Å²) in [6.45, 7) is 4.24. The predicted molar refractivity (Wildman–Crippen MR) is 64.7 cm³/mol. The third-order valence-electron chi connectivity index (χ3n) is 2.27. The van der Waals surface area contributed by atoms with Crippen molar-refractivity contribution >= 4 is 0 Å². The molecule has 15 heavy (non-hydrogen) atoms. The third-order valence-corrected chi connectivity index (χ3v) is 2.27. The quantitative estimate of drug-likeness (QED) is 0.730. The van der Waals surface area contributed by atoms with Crippen molar-refractivity contribution in [2.45, 2.75) is 32.8 Å². The lowest BCUT2D eigenvalue weighted by atomic mass is 10.0. The van der Waals surface area contributed by atoms with Crippen LogP contribution in [0, 0.1) is 5.92 Å². The zero-order valence-electron chi connectivity index (χ0n) is 9.56. The Morgan fingerprint density at radius 2 is 1.87 bits per heavy atom. The van der Waals surface area contributed by atoms with Crippen molar-refractivity contribution in [1.29, 1.82) is 0 Å². The van der Waals surface area contributed by atoms with Crippen LogP contribution in [-0.2, 0) is 6.42 Å². The van der Waals surface area contributed by atoms with Crippen molar-refractivity contribution in [1.82, 2.24) is 0 Å². The number of allylic oxidation sites excluding steroid dienone is 1. The minimum atomic E-state index is -0.297. The summed E-state index contributed by atoms with van der Waals surface area (Å²) in [4.78, 5) is 0. The first-order chi connectivity index (χ1) is 7.18. The summed E-state index contributed by atoms with van der Waals surface area (Å²) in [6.07, 6.45) is 5.38. The zero-order chi connectivity index (χ0) is 11.1. The van der Waals surface area contributed by atoms with Gasteiger partial charge in [0, 0.05) is 0 Å². The normalized spacial score (nSPS) is 13.6. The SMILES string of the molecule is CC(C)C[C@H](O)/C=C\Cc1ccccc1. The first kappa shape index (κ1) is 12.0. The van der Waals surface area contributed by atoms with Gasteiger partial charge < -0.3 is 5.11 Å². The maximum absolute atomic E-state index is 9.61. The van der Waals surface area contributed by atoms with Crippen molar-refractivity contribution < 1.29 is 5.11 Å². The molecule has 1 heteroatoms. The molecule has 1 rings (SSSR count). The van der Waals surface area contributed by atoms with Crippen LogP contribution < -0.4 is 0 Å². The second-order valence-electron chi connectivity index (χ2n) is 4.31. The fraction of sp³-hybridized carbons (Fsp3) is 0.429. The lowest BCUT2D eigenvalue weighted by Gasteiger charge is -2.07. The molecule has 0 aromatic heterocycles. The highest BCUT2D eigenvalue weighted by Crippen LogP contribution is 2.06. The van der Waals surface area contributed by atoms with E-state index >= 15 is 0 Å². The van der Waals surface area contributed by atoms with Crippen molar-refractivity contribution in [3.05, 3.63) is 48.0 Å². The summed E-state index contributed by atoms with van der Waals surface area (Å²) in [5.74, 6) is 0.543. The van der Waals surface area contributed by atoms with Crippen molar-refractivity contribution in [3.63, 3.8) is 0 Å². The van der Waals surface area contributed by atoms with Gasteiger partial charge in [-0.05, 0) is 24.3 Å². The van der Waals surface area contributed by atoms with Crippen LogP contribution in [0.25, 0.3) is 0 Å². The van der Waals surface area contributed by atoms with E-state index in [1.165, 1.54) is 5.56 Å². The second kappa shape index (κ2) is 6.41. The average Bonchev–Trinajstić information content (AvgIpc) is 2.18. The maximum atomic E-state index is 9.61. The van der Waals surface area contributed by atoms with Crippen molar-refractivity contribution in [3.8, 4) is 0 Å². The Kier molecular flexibility index (Phi) is 5.13. The van der Waals surface area contributed by atoms with Gasteiger partial charge in [-0.3, -0.25) is 0 Å². The van der Waals surface area contributed by atoms with Crippen LogP contribution in [0.1, 0.15) is 25.8 Å². The lowest BCUT2D eigenvalue weighted by Crippen LogP contribution is -2.06. The molecular formula is C14H20O. The summed E-state index contributed by atoms with van der Waals surface area (Å²) < 4.78 is 0. The number of aliphatic hydroxyl groups is 1. The largest absolute Gasteiger partial charge is 0.389 e. The van der Waals surface area contributed by atoms with E-state index in [2.05, 4.69) is 26.0 Å². The number of aliphatic hydroxyl groups excluding tert-OH is 1. The molecule has 0 radical (unpaired) electrons. The molecule has 0 fully saturated rings. The molecule has 0 amide bonds. The Morgan fingerprint density at radius 1 is 1.20 bits per heavy atom.